The van der Waals surface area contributed by atoms with Gasteiger partial charge in [0.2, 0.25) is 0 Å². The maximum absolute atomic E-state index is 13.9. The van der Waals surface area contributed by atoms with E-state index in [-0.39, 0.29) is 11.7 Å². The van der Waals surface area contributed by atoms with Crippen LogP contribution in [0.15, 0.2) is 91.4 Å². The van der Waals surface area contributed by atoms with Crippen molar-refractivity contribution in [2.75, 3.05) is 6.54 Å². The monoisotopic (exact) mass is 482 g/mol. The maximum atomic E-state index is 13.9. The molecule has 0 aliphatic heterocycles. The van der Waals surface area contributed by atoms with Crippen molar-refractivity contribution in [1.29, 1.82) is 0 Å². The van der Waals surface area contributed by atoms with Gasteiger partial charge in [0.25, 0.3) is 0 Å². The van der Waals surface area contributed by atoms with Gasteiger partial charge in [-0.25, -0.2) is 0 Å². The van der Waals surface area contributed by atoms with Crippen LogP contribution in [0.5, 0.6) is 0 Å². The molecule has 0 saturated carbocycles. The van der Waals surface area contributed by atoms with E-state index in [0.29, 0.717) is 12.1 Å². The van der Waals surface area contributed by atoms with Crippen LogP contribution in [-0.2, 0) is 7.05 Å². The first kappa shape index (κ1) is 23.1. The molecule has 0 aliphatic rings. The first-order chi connectivity index (χ1) is 17.0. The van der Waals surface area contributed by atoms with E-state index in [4.69, 9.17) is 11.6 Å². The predicted molar refractivity (Wildman–Crippen MR) is 142 cm³/mol. The normalized spacial score (nSPS) is 13.1. The zero-order valence-electron chi connectivity index (χ0n) is 19.7. The summed E-state index contributed by atoms with van der Waals surface area (Å²) < 4.78 is 1.78. The number of hydrogen-bond acceptors (Lipinski definition) is 3. The molecule has 2 unspecified atom stereocenters. The SMILES string of the molecule is CC(CNC(C(=O)c1c[nH]c2cc(-c3cnn(C)c3)ccc12)c1ccccc1)c1ccc(Cl)cc1. The van der Waals surface area contributed by atoms with E-state index < -0.39 is 6.04 Å². The summed E-state index contributed by atoms with van der Waals surface area (Å²) in [6.45, 7) is 2.80. The number of H-pyrrole nitrogens is 1. The van der Waals surface area contributed by atoms with Crippen LogP contribution < -0.4 is 5.32 Å². The van der Waals surface area contributed by atoms with E-state index in [1.807, 2.05) is 92.4 Å². The zero-order valence-corrected chi connectivity index (χ0v) is 20.5. The number of benzene rings is 3. The van der Waals surface area contributed by atoms with Crippen molar-refractivity contribution in [3.63, 3.8) is 0 Å². The second-order valence-electron chi connectivity index (χ2n) is 8.93. The summed E-state index contributed by atoms with van der Waals surface area (Å²) in [5, 5.41) is 9.43. The van der Waals surface area contributed by atoms with Crippen LogP contribution in [0.4, 0.5) is 0 Å². The Labute approximate surface area is 209 Å². The Balaban J connectivity index is 1.42. The molecule has 0 spiro atoms. The fourth-order valence-electron chi connectivity index (χ4n) is 4.45. The molecule has 0 saturated heterocycles. The smallest absolute Gasteiger partial charge is 0.186 e. The highest BCUT2D eigenvalue weighted by atomic mass is 35.5. The van der Waals surface area contributed by atoms with E-state index in [1.54, 1.807) is 4.68 Å². The molecule has 35 heavy (non-hydrogen) atoms. The minimum atomic E-state index is -0.456. The molecule has 5 aromatic rings. The van der Waals surface area contributed by atoms with Gasteiger partial charge in [-0.15, -0.1) is 0 Å². The number of nitrogens with one attached hydrogen (secondary N) is 2. The lowest BCUT2D eigenvalue weighted by Gasteiger charge is -2.21. The molecule has 0 aliphatic carbocycles. The Kier molecular flexibility index (Phi) is 6.53. The molecular weight excluding hydrogens is 456 g/mol. The molecule has 5 nitrogen and oxygen atoms in total. The average Bonchev–Trinajstić information content (AvgIpc) is 3.51. The minimum Gasteiger partial charge on any atom is -0.360 e. The van der Waals surface area contributed by atoms with Gasteiger partial charge >= 0.3 is 0 Å². The van der Waals surface area contributed by atoms with Gasteiger partial charge < -0.3 is 10.3 Å². The van der Waals surface area contributed by atoms with Crippen molar-refractivity contribution in [3.05, 3.63) is 113 Å². The summed E-state index contributed by atoms with van der Waals surface area (Å²) in [4.78, 5) is 17.2. The molecule has 3 aromatic carbocycles. The van der Waals surface area contributed by atoms with Crippen molar-refractivity contribution >= 4 is 28.3 Å². The number of nitrogens with zero attached hydrogens (tertiary/aromatic N) is 2. The van der Waals surface area contributed by atoms with E-state index >= 15 is 0 Å². The summed E-state index contributed by atoms with van der Waals surface area (Å²) in [5.74, 6) is 0.260. The third kappa shape index (κ3) is 4.92. The van der Waals surface area contributed by atoms with E-state index in [2.05, 4.69) is 28.4 Å². The Morgan fingerprint density at radius 2 is 1.80 bits per heavy atom. The zero-order chi connectivity index (χ0) is 24.4. The molecule has 2 aromatic heterocycles. The number of rotatable bonds is 8. The van der Waals surface area contributed by atoms with Crippen LogP contribution in [-0.4, -0.2) is 27.1 Å². The number of halogens is 1. The average molecular weight is 483 g/mol. The fraction of sp³-hybridized carbons (Fsp3) is 0.172. The first-order valence-corrected chi connectivity index (χ1v) is 12.1. The largest absolute Gasteiger partial charge is 0.360 e. The molecule has 5 rings (SSSR count). The number of aryl methyl sites for hydroxylation is 1. The van der Waals surface area contributed by atoms with Crippen LogP contribution in [0.25, 0.3) is 22.0 Å². The third-order valence-corrected chi connectivity index (χ3v) is 6.70. The highest BCUT2D eigenvalue weighted by Crippen LogP contribution is 2.29. The van der Waals surface area contributed by atoms with Gasteiger partial charge in [-0.05, 0) is 40.8 Å². The van der Waals surface area contributed by atoms with Crippen LogP contribution in [0, 0.1) is 0 Å². The molecular formula is C29H27ClN4O. The van der Waals surface area contributed by atoms with Crippen LogP contribution >= 0.6 is 11.6 Å². The Morgan fingerprint density at radius 1 is 1.03 bits per heavy atom. The number of carbonyl (C=O) groups excluding carboxylic acids is 1. The highest BCUT2D eigenvalue weighted by molar-refractivity contribution is 6.30. The number of hydrogen-bond donors (Lipinski definition) is 2. The Morgan fingerprint density at radius 3 is 2.51 bits per heavy atom. The fourth-order valence-corrected chi connectivity index (χ4v) is 4.57. The van der Waals surface area contributed by atoms with Crippen molar-refractivity contribution in [1.82, 2.24) is 20.1 Å². The van der Waals surface area contributed by atoms with Gasteiger partial charge in [0.05, 0.1) is 12.2 Å². The first-order valence-electron chi connectivity index (χ1n) is 11.7. The van der Waals surface area contributed by atoms with Gasteiger partial charge in [-0.3, -0.25) is 9.48 Å². The quantitative estimate of drug-likeness (QED) is 0.247. The van der Waals surface area contributed by atoms with Crippen LogP contribution in [0.2, 0.25) is 5.02 Å². The van der Waals surface area contributed by atoms with Crippen LogP contribution in [0.3, 0.4) is 0 Å². The molecule has 2 heterocycles. The highest BCUT2D eigenvalue weighted by Gasteiger charge is 2.25. The number of fused-ring (bicyclic) bond motifs is 1. The summed E-state index contributed by atoms with van der Waals surface area (Å²) >= 11 is 6.05. The summed E-state index contributed by atoms with van der Waals surface area (Å²) in [6, 6.07) is 23.4. The lowest BCUT2D eigenvalue weighted by atomic mass is 9.95. The van der Waals surface area contributed by atoms with E-state index in [9.17, 15) is 4.79 Å². The Hall–Kier alpha value is -3.67. The second-order valence-corrected chi connectivity index (χ2v) is 9.37. The van der Waals surface area contributed by atoms with E-state index in [0.717, 1.165) is 32.6 Å². The molecule has 0 fully saturated rings. The van der Waals surface area contributed by atoms with Crippen molar-refractivity contribution < 1.29 is 4.79 Å². The summed E-state index contributed by atoms with van der Waals surface area (Å²) in [5.41, 5.74) is 5.82. The number of ketones is 1. The van der Waals surface area contributed by atoms with E-state index in [1.165, 1.54) is 5.56 Å². The summed E-state index contributed by atoms with van der Waals surface area (Å²) in [7, 11) is 1.90. The second kappa shape index (κ2) is 9.90. The molecule has 2 atom stereocenters. The lowest BCUT2D eigenvalue weighted by molar-refractivity contribution is 0.0944. The van der Waals surface area contributed by atoms with Crippen LogP contribution in [0.1, 0.15) is 40.4 Å². The lowest BCUT2D eigenvalue weighted by Crippen LogP contribution is -2.31. The minimum absolute atomic E-state index is 0.0416. The summed E-state index contributed by atoms with van der Waals surface area (Å²) in [6.07, 6.45) is 5.64. The number of aromatic amines is 1. The third-order valence-electron chi connectivity index (χ3n) is 6.45. The molecule has 176 valence electrons. The predicted octanol–water partition coefficient (Wildman–Crippen LogP) is 6.54. The maximum Gasteiger partial charge on any atom is 0.186 e. The Bertz CT molecular complexity index is 1450. The topological polar surface area (TPSA) is 62.7 Å². The number of Topliss-reactive ketones (excluding diaryl/α,β-unsaturated/α-hetero) is 1. The van der Waals surface area contributed by atoms with Gasteiger partial charge in [0.15, 0.2) is 5.78 Å². The molecule has 0 bridgehead atoms. The molecule has 0 radical (unpaired) electrons. The molecule has 0 amide bonds. The van der Waals surface area contributed by atoms with Crippen molar-refractivity contribution in [2.24, 2.45) is 7.05 Å². The van der Waals surface area contributed by atoms with Gasteiger partial charge in [0.1, 0.15) is 0 Å². The molecule has 2 N–H and O–H groups in total. The van der Waals surface area contributed by atoms with Crippen molar-refractivity contribution in [3.8, 4) is 11.1 Å². The van der Waals surface area contributed by atoms with Gasteiger partial charge in [-0.2, -0.15) is 5.10 Å². The number of carbonyl (C=O) groups is 1. The van der Waals surface area contributed by atoms with Gasteiger partial charge in [0, 0.05) is 53.0 Å². The molecule has 6 heteroatoms. The number of aromatic nitrogens is 3. The van der Waals surface area contributed by atoms with Gasteiger partial charge in [-0.1, -0.05) is 73.1 Å². The van der Waals surface area contributed by atoms with Crippen molar-refractivity contribution in [2.45, 2.75) is 18.9 Å². The standard InChI is InChI=1S/C29H27ClN4O/c1-19(20-8-11-24(30)12-9-20)15-32-28(21-6-4-3-5-7-21)29(35)26-17-31-27-14-22(10-13-25(26)27)23-16-33-34(2)18-23/h3-14,16-19,28,31-32H,15H2,1-2H3.